The molecule has 5 nitrogen and oxygen atoms in total. The molecule has 9 rings (SSSR count). The van der Waals surface area contributed by atoms with Crippen molar-refractivity contribution in [3.05, 3.63) is 185 Å². The predicted molar refractivity (Wildman–Crippen MR) is 214 cm³/mol. The first-order chi connectivity index (χ1) is 25.7. The summed E-state index contributed by atoms with van der Waals surface area (Å²) < 4.78 is 12.7. The summed E-state index contributed by atoms with van der Waals surface area (Å²) >= 11 is 0. The number of benzene rings is 4. The van der Waals surface area contributed by atoms with Crippen LogP contribution in [0, 0.1) is 5.92 Å². The number of nitrogens with zero attached hydrogens (tertiary/aromatic N) is 3. The van der Waals surface area contributed by atoms with Gasteiger partial charge in [-0.25, -0.2) is 9.98 Å². The topological polar surface area (TPSA) is 59.5 Å². The van der Waals surface area contributed by atoms with Crippen molar-refractivity contribution in [1.29, 1.82) is 0 Å². The van der Waals surface area contributed by atoms with Crippen LogP contribution in [0.25, 0.3) is 21.9 Å². The quantitative estimate of drug-likeness (QED) is 0.161. The number of furan rings is 1. The summed E-state index contributed by atoms with van der Waals surface area (Å²) in [7, 11) is 0. The highest BCUT2D eigenvalue weighted by atomic mass is 16.5. The van der Waals surface area contributed by atoms with Crippen LogP contribution in [0.2, 0.25) is 0 Å². The van der Waals surface area contributed by atoms with Crippen LogP contribution in [-0.4, -0.2) is 17.8 Å². The molecule has 3 atom stereocenters. The van der Waals surface area contributed by atoms with Gasteiger partial charge in [0.25, 0.3) is 0 Å². The van der Waals surface area contributed by atoms with Crippen LogP contribution in [0.5, 0.6) is 5.75 Å². The van der Waals surface area contributed by atoms with Crippen molar-refractivity contribution in [2.45, 2.75) is 44.9 Å². The van der Waals surface area contributed by atoms with Crippen LogP contribution in [0.4, 0.5) is 0 Å². The van der Waals surface area contributed by atoms with E-state index in [1.54, 1.807) is 0 Å². The Bertz CT molecular complexity index is 2500. The largest absolute Gasteiger partial charge is 0.461 e. The van der Waals surface area contributed by atoms with Crippen molar-refractivity contribution >= 4 is 39.7 Å². The summed E-state index contributed by atoms with van der Waals surface area (Å²) in [5.41, 5.74) is 10.5. The maximum absolute atomic E-state index is 6.52. The van der Waals surface area contributed by atoms with E-state index in [2.05, 4.69) is 121 Å². The highest BCUT2D eigenvalue weighted by molar-refractivity contribution is 6.16. The third kappa shape index (κ3) is 5.82. The Kier molecular flexibility index (Phi) is 8.32. The first-order valence-corrected chi connectivity index (χ1v) is 18.3. The van der Waals surface area contributed by atoms with E-state index >= 15 is 0 Å². The summed E-state index contributed by atoms with van der Waals surface area (Å²) in [5, 5.41) is 2.20. The molecule has 4 aromatic carbocycles. The second-order valence-electron chi connectivity index (χ2n) is 13.6. The monoisotopic (exact) mass is 677 g/mol. The van der Waals surface area contributed by atoms with E-state index in [-0.39, 0.29) is 17.8 Å². The van der Waals surface area contributed by atoms with E-state index in [0.29, 0.717) is 12.3 Å². The molecule has 0 saturated heterocycles. The van der Waals surface area contributed by atoms with Crippen LogP contribution < -0.4 is 4.74 Å². The molecule has 5 aromatic rings. The summed E-state index contributed by atoms with van der Waals surface area (Å²) in [6.07, 6.45) is 22.2. The van der Waals surface area contributed by atoms with Crippen LogP contribution in [0.1, 0.15) is 67.2 Å². The van der Waals surface area contributed by atoms with E-state index < -0.39 is 0 Å². The highest BCUT2D eigenvalue weighted by Gasteiger charge is 2.39. The van der Waals surface area contributed by atoms with Gasteiger partial charge in [-0.3, -0.25) is 4.99 Å². The molecule has 0 fully saturated rings. The minimum atomic E-state index is -0.00731. The predicted octanol–water partition coefficient (Wildman–Crippen LogP) is 11.7. The molecule has 0 bridgehead atoms. The lowest BCUT2D eigenvalue weighted by molar-refractivity contribution is 0.408. The molecule has 2 aliphatic heterocycles. The Morgan fingerprint density at radius 1 is 0.865 bits per heavy atom. The average Bonchev–Trinajstić information content (AvgIpc) is 3.67. The Morgan fingerprint density at radius 3 is 2.58 bits per heavy atom. The molecule has 0 amide bonds. The second-order valence-corrected chi connectivity index (χ2v) is 13.6. The van der Waals surface area contributed by atoms with Gasteiger partial charge >= 0.3 is 0 Å². The SMILES string of the molecule is CC=N/C(=C\CC)C1=CCC(c2ccc3c(c2)C2C(=CC=CC2C2=CCC(c4ccc5oc6ccccc6c5c4)=NC(c4ccccc4)=N2)O3)C=C1. The summed E-state index contributed by atoms with van der Waals surface area (Å²) in [6, 6.07) is 31.6. The number of amidine groups is 1. The molecule has 0 spiro atoms. The highest BCUT2D eigenvalue weighted by Crippen LogP contribution is 2.50. The normalized spacial score (nSPS) is 21.2. The van der Waals surface area contributed by atoms with Crippen LogP contribution >= 0.6 is 0 Å². The first kappa shape index (κ1) is 31.9. The van der Waals surface area contributed by atoms with Gasteiger partial charge in [0, 0.05) is 52.1 Å². The maximum Gasteiger partial charge on any atom is 0.159 e. The van der Waals surface area contributed by atoms with Crippen molar-refractivity contribution in [3.63, 3.8) is 0 Å². The number of allylic oxidation sites excluding steroid dienone is 9. The van der Waals surface area contributed by atoms with Crippen LogP contribution in [0.3, 0.4) is 0 Å². The molecule has 3 heterocycles. The molecular weight excluding hydrogens is 639 g/mol. The van der Waals surface area contributed by atoms with Crippen molar-refractivity contribution in [2.24, 2.45) is 20.9 Å². The van der Waals surface area contributed by atoms with Gasteiger partial charge in [0.1, 0.15) is 22.7 Å². The van der Waals surface area contributed by atoms with Gasteiger partial charge < -0.3 is 9.15 Å². The molecule has 2 aliphatic carbocycles. The lowest BCUT2D eigenvalue weighted by Crippen LogP contribution is -2.16. The zero-order valence-electron chi connectivity index (χ0n) is 29.4. The summed E-state index contributed by atoms with van der Waals surface area (Å²) in [5.74, 6) is 2.91. The third-order valence-electron chi connectivity index (χ3n) is 10.4. The van der Waals surface area contributed by atoms with Crippen molar-refractivity contribution < 1.29 is 9.15 Å². The van der Waals surface area contributed by atoms with E-state index in [4.69, 9.17) is 19.1 Å². The molecule has 3 unspecified atom stereocenters. The maximum atomic E-state index is 6.52. The Balaban J connectivity index is 1.06. The molecular formula is C47H39N3O2. The fourth-order valence-corrected chi connectivity index (χ4v) is 7.85. The molecule has 0 N–H and O–H groups in total. The third-order valence-corrected chi connectivity index (χ3v) is 10.4. The molecule has 0 saturated carbocycles. The molecule has 254 valence electrons. The van der Waals surface area contributed by atoms with Gasteiger partial charge in [0.2, 0.25) is 0 Å². The molecule has 4 aliphatic rings. The Labute approximate surface area is 304 Å². The first-order valence-electron chi connectivity index (χ1n) is 18.3. The molecule has 1 aromatic heterocycles. The van der Waals surface area contributed by atoms with Gasteiger partial charge in [0.05, 0.1) is 17.3 Å². The van der Waals surface area contributed by atoms with Gasteiger partial charge in [-0.05, 0) is 72.9 Å². The number of ether oxygens (including phenoxy) is 1. The molecule has 5 heteroatoms. The van der Waals surface area contributed by atoms with Gasteiger partial charge in [-0.2, -0.15) is 0 Å². The Morgan fingerprint density at radius 2 is 1.73 bits per heavy atom. The second kappa shape index (κ2) is 13.6. The number of hydrogen-bond acceptors (Lipinski definition) is 5. The average molecular weight is 678 g/mol. The van der Waals surface area contributed by atoms with E-state index in [1.807, 2.05) is 43.5 Å². The molecule has 0 radical (unpaired) electrons. The van der Waals surface area contributed by atoms with Crippen LogP contribution in [0.15, 0.2) is 182 Å². The number of aliphatic imine (C=N–C) groups is 3. The van der Waals surface area contributed by atoms with Crippen molar-refractivity contribution in [1.82, 2.24) is 0 Å². The van der Waals surface area contributed by atoms with Gasteiger partial charge in [-0.1, -0.05) is 110 Å². The fourth-order valence-electron chi connectivity index (χ4n) is 7.85. The number of hydrogen-bond donors (Lipinski definition) is 0. The van der Waals surface area contributed by atoms with Crippen molar-refractivity contribution in [2.75, 3.05) is 0 Å². The lowest BCUT2D eigenvalue weighted by Gasteiger charge is -2.25. The minimum absolute atomic E-state index is 0.00731. The number of fused-ring (bicyclic) bond motifs is 6. The number of rotatable bonds is 7. The zero-order valence-corrected chi connectivity index (χ0v) is 29.4. The van der Waals surface area contributed by atoms with Crippen molar-refractivity contribution in [3.8, 4) is 5.75 Å². The Hall–Kier alpha value is -6.07. The molecule has 52 heavy (non-hydrogen) atoms. The lowest BCUT2D eigenvalue weighted by atomic mass is 9.79. The summed E-state index contributed by atoms with van der Waals surface area (Å²) in [6.45, 7) is 4.12. The van der Waals surface area contributed by atoms with E-state index in [9.17, 15) is 0 Å². The van der Waals surface area contributed by atoms with Crippen LogP contribution in [-0.2, 0) is 0 Å². The standard InChI is InChI=1S/C47H39N3O2/c1-3-11-39(48-4-2)31-20-18-30(19-21-31)33-22-26-44-38(28-33)46-36(15-10-17-45(46)52-44)41-25-24-40(49-47(50-41)32-12-6-5-7-13-32)34-23-27-43-37(29-34)35-14-8-9-16-42(35)51-43/h4-18,20-23,25-30,36,46H,3,19,24H2,1-2H3/b39-11-,48-4?. The summed E-state index contributed by atoms with van der Waals surface area (Å²) in [4.78, 5) is 15.2. The fraction of sp³-hybridized carbons (Fsp3) is 0.170. The smallest absolute Gasteiger partial charge is 0.159 e. The van der Waals surface area contributed by atoms with E-state index in [1.165, 1.54) is 16.7 Å². The van der Waals surface area contributed by atoms with Gasteiger partial charge in [0.15, 0.2) is 5.84 Å². The minimum Gasteiger partial charge on any atom is -0.461 e. The van der Waals surface area contributed by atoms with Gasteiger partial charge in [-0.15, -0.1) is 0 Å². The van der Waals surface area contributed by atoms with E-state index in [0.717, 1.165) is 74.5 Å². The zero-order chi connectivity index (χ0) is 35.0. The number of para-hydroxylation sites is 1.